The van der Waals surface area contributed by atoms with Gasteiger partial charge in [-0.2, -0.15) is 5.26 Å². The molecule has 1 fully saturated rings. The first-order valence-electron chi connectivity index (χ1n) is 9.24. The predicted molar refractivity (Wildman–Crippen MR) is 108 cm³/mol. The van der Waals surface area contributed by atoms with Gasteiger partial charge in [-0.25, -0.2) is 9.98 Å². The summed E-state index contributed by atoms with van der Waals surface area (Å²) in [6, 6.07) is 8.01. The third-order valence-electron chi connectivity index (χ3n) is 5.01. The Morgan fingerprint density at radius 3 is 3.11 bits per heavy atom. The van der Waals surface area contributed by atoms with E-state index in [0.29, 0.717) is 18.7 Å². The van der Waals surface area contributed by atoms with Crippen LogP contribution in [0, 0.1) is 11.3 Å². The van der Waals surface area contributed by atoms with E-state index in [9.17, 15) is 5.26 Å². The second kappa shape index (κ2) is 7.74. The van der Waals surface area contributed by atoms with Gasteiger partial charge in [0.1, 0.15) is 17.7 Å². The first kappa shape index (κ1) is 18.1. The van der Waals surface area contributed by atoms with Crippen LogP contribution in [0.3, 0.4) is 0 Å². The van der Waals surface area contributed by atoms with E-state index in [2.05, 4.69) is 32.5 Å². The zero-order chi connectivity index (χ0) is 19.5. The Morgan fingerprint density at radius 2 is 2.32 bits per heavy atom. The van der Waals surface area contributed by atoms with Crippen LogP contribution in [0.25, 0.3) is 21.9 Å². The summed E-state index contributed by atoms with van der Waals surface area (Å²) >= 11 is 0. The van der Waals surface area contributed by atoms with Gasteiger partial charge in [0, 0.05) is 18.0 Å². The molecule has 0 spiro atoms. The number of nitriles is 1. The van der Waals surface area contributed by atoms with Crippen LogP contribution in [0.5, 0.6) is 0 Å². The molecule has 28 heavy (non-hydrogen) atoms. The number of nitrogens with zero attached hydrogens (tertiary/aromatic N) is 6. The second-order valence-electron chi connectivity index (χ2n) is 6.85. The highest BCUT2D eigenvalue weighted by Crippen LogP contribution is 2.34. The van der Waals surface area contributed by atoms with Crippen molar-refractivity contribution in [2.75, 3.05) is 6.61 Å². The molecule has 3 aromatic rings. The van der Waals surface area contributed by atoms with Crippen LogP contribution in [0.4, 0.5) is 0 Å². The van der Waals surface area contributed by atoms with Gasteiger partial charge in [0.25, 0.3) is 0 Å². The molecule has 4 rings (SSSR count). The van der Waals surface area contributed by atoms with Gasteiger partial charge in [0.15, 0.2) is 0 Å². The van der Waals surface area contributed by atoms with Crippen molar-refractivity contribution < 1.29 is 4.74 Å². The molecule has 0 saturated carbocycles. The number of nitrogens with two attached hydrogens (primary N) is 1. The molecule has 2 aromatic heterocycles. The number of benzene rings is 1. The van der Waals surface area contributed by atoms with Gasteiger partial charge >= 0.3 is 0 Å². The third-order valence-corrected chi connectivity index (χ3v) is 5.01. The maximum atomic E-state index is 9.34. The lowest BCUT2D eigenvalue weighted by Gasteiger charge is -2.30. The topological polar surface area (TPSA) is 114 Å². The summed E-state index contributed by atoms with van der Waals surface area (Å²) in [5.41, 5.74) is 8.51. The molecule has 2 atom stereocenters. The van der Waals surface area contributed by atoms with Gasteiger partial charge < -0.3 is 15.0 Å². The van der Waals surface area contributed by atoms with Gasteiger partial charge in [-0.3, -0.25) is 9.98 Å². The van der Waals surface area contributed by atoms with Gasteiger partial charge in [-0.15, -0.1) is 0 Å². The Kier molecular flexibility index (Phi) is 5.00. The zero-order valence-corrected chi connectivity index (χ0v) is 15.6. The number of aliphatic imine (C=N–C) groups is 2. The summed E-state index contributed by atoms with van der Waals surface area (Å²) in [6.45, 7) is 3.18. The second-order valence-corrected chi connectivity index (χ2v) is 6.85. The highest BCUT2D eigenvalue weighted by Gasteiger charge is 2.26. The zero-order valence-electron chi connectivity index (χ0n) is 15.6. The Balaban J connectivity index is 1.93. The molecule has 8 heteroatoms. The molecule has 1 aliphatic heterocycles. The Morgan fingerprint density at radius 1 is 1.43 bits per heavy atom. The molecule has 0 amide bonds. The van der Waals surface area contributed by atoms with Gasteiger partial charge in [0.2, 0.25) is 0 Å². The third kappa shape index (κ3) is 3.32. The van der Waals surface area contributed by atoms with Crippen molar-refractivity contribution in [2.24, 2.45) is 15.7 Å². The number of pyridine rings is 1. The lowest BCUT2D eigenvalue weighted by Crippen LogP contribution is -2.26. The molecule has 0 aliphatic carbocycles. The van der Waals surface area contributed by atoms with E-state index in [1.54, 1.807) is 12.3 Å². The van der Waals surface area contributed by atoms with Crippen molar-refractivity contribution in [2.45, 2.75) is 38.5 Å². The van der Waals surface area contributed by atoms with Crippen LogP contribution in [-0.2, 0) is 11.3 Å². The van der Waals surface area contributed by atoms with Crippen molar-refractivity contribution in [3.8, 4) is 6.07 Å². The maximum Gasteiger partial charge on any atom is 0.132 e. The van der Waals surface area contributed by atoms with Crippen molar-refractivity contribution in [3.05, 3.63) is 35.8 Å². The van der Waals surface area contributed by atoms with Crippen molar-refractivity contribution in [3.63, 3.8) is 0 Å². The molecule has 3 heterocycles. The van der Waals surface area contributed by atoms with Gasteiger partial charge in [0.05, 0.1) is 47.9 Å². The molecule has 0 bridgehead atoms. The van der Waals surface area contributed by atoms with Gasteiger partial charge in [-0.1, -0.05) is 0 Å². The first-order chi connectivity index (χ1) is 13.7. The summed E-state index contributed by atoms with van der Waals surface area (Å²) in [5, 5.41) is 10.3. The predicted octanol–water partition coefficient (Wildman–Crippen LogP) is 2.71. The molecule has 0 radical (unpaired) electrons. The fourth-order valence-corrected chi connectivity index (χ4v) is 3.82. The molecule has 142 valence electrons. The lowest BCUT2D eigenvalue weighted by atomic mass is 10.0. The summed E-state index contributed by atoms with van der Waals surface area (Å²) < 4.78 is 8.00. The van der Waals surface area contributed by atoms with Crippen molar-refractivity contribution in [1.29, 1.82) is 5.26 Å². The van der Waals surface area contributed by atoms with E-state index in [0.717, 1.165) is 40.6 Å². The SMILES string of the molecule is C[C@@H]1CC(n2c(CN=CN=CN)nc3cnc4ccc(C#N)cc4c32)CCO1. The smallest absolute Gasteiger partial charge is 0.132 e. The van der Waals surface area contributed by atoms with Crippen molar-refractivity contribution >= 4 is 34.6 Å². The average Bonchev–Trinajstić information content (AvgIpc) is 3.09. The number of ether oxygens (including phenoxy) is 1. The summed E-state index contributed by atoms with van der Waals surface area (Å²) in [5.74, 6) is 0.842. The Hall–Kier alpha value is -3.31. The monoisotopic (exact) mass is 375 g/mol. The Bertz CT molecular complexity index is 1110. The maximum absolute atomic E-state index is 9.34. The molecular weight excluding hydrogens is 354 g/mol. The van der Waals surface area contributed by atoms with E-state index in [4.69, 9.17) is 15.5 Å². The summed E-state index contributed by atoms with van der Waals surface area (Å²) in [6.07, 6.45) is 6.39. The normalized spacial score (nSPS) is 20.4. The quantitative estimate of drug-likeness (QED) is 0.556. The van der Waals surface area contributed by atoms with E-state index in [1.165, 1.54) is 12.7 Å². The number of aromatic nitrogens is 3. The number of rotatable bonds is 4. The van der Waals surface area contributed by atoms with Crippen LogP contribution < -0.4 is 5.73 Å². The largest absolute Gasteiger partial charge is 0.390 e. The molecule has 1 saturated heterocycles. The van der Waals surface area contributed by atoms with E-state index < -0.39 is 0 Å². The minimum Gasteiger partial charge on any atom is -0.390 e. The highest BCUT2D eigenvalue weighted by atomic mass is 16.5. The van der Waals surface area contributed by atoms with Crippen LogP contribution >= 0.6 is 0 Å². The fourth-order valence-electron chi connectivity index (χ4n) is 3.82. The molecule has 1 aromatic carbocycles. The molecule has 1 unspecified atom stereocenters. The van der Waals surface area contributed by atoms with Crippen LogP contribution in [0.15, 0.2) is 34.4 Å². The molecular formula is C20H21N7O. The van der Waals surface area contributed by atoms with Crippen LogP contribution in [0.1, 0.15) is 37.2 Å². The van der Waals surface area contributed by atoms with Gasteiger partial charge in [-0.05, 0) is 38.0 Å². The molecule has 8 nitrogen and oxygen atoms in total. The fraction of sp³-hybridized carbons (Fsp3) is 0.350. The number of imidazole rings is 1. The van der Waals surface area contributed by atoms with Crippen molar-refractivity contribution in [1.82, 2.24) is 14.5 Å². The number of hydrogen-bond acceptors (Lipinski definition) is 5. The van der Waals surface area contributed by atoms with Crippen LogP contribution in [-0.4, -0.2) is 39.9 Å². The highest BCUT2D eigenvalue weighted by molar-refractivity contribution is 6.02. The molecule has 2 N–H and O–H groups in total. The lowest BCUT2D eigenvalue weighted by molar-refractivity contribution is 0.00627. The minimum atomic E-state index is 0.178. The van der Waals surface area contributed by atoms with Crippen LogP contribution in [0.2, 0.25) is 0 Å². The number of hydrogen-bond donors (Lipinski definition) is 1. The average molecular weight is 375 g/mol. The van der Waals surface area contributed by atoms with E-state index in [1.807, 2.05) is 12.1 Å². The van der Waals surface area contributed by atoms with E-state index >= 15 is 0 Å². The van der Waals surface area contributed by atoms with E-state index in [-0.39, 0.29) is 12.1 Å². The number of fused-ring (bicyclic) bond motifs is 3. The first-order valence-corrected chi connectivity index (χ1v) is 9.24. The summed E-state index contributed by atoms with van der Waals surface area (Å²) in [7, 11) is 0. The minimum absolute atomic E-state index is 0.178. The molecule has 1 aliphatic rings. The summed E-state index contributed by atoms with van der Waals surface area (Å²) in [4.78, 5) is 17.5. The Labute approximate surface area is 162 Å². The standard InChI is InChI=1S/C20H21N7O/c1-13-6-15(4-5-28-13)27-19(10-23-12-24-11-22)26-18-9-25-17-3-2-14(8-21)7-16(17)20(18)27/h2-3,7,9,11-13,15H,4-6,10H2,1H3,(H2,22,23,24)/t13-,15?/m1/s1.